The Morgan fingerprint density at radius 3 is 0.901 bits per heavy atom. The maximum atomic E-state index is 11.9. The molecule has 5 aliphatic rings. The number of aromatic nitrogens is 4. The van der Waals surface area contributed by atoms with Gasteiger partial charge in [-0.3, -0.25) is 0 Å². The second kappa shape index (κ2) is 46.1. The normalized spacial score (nSPS) is 15.2. The summed E-state index contributed by atoms with van der Waals surface area (Å²) in [6.45, 7) is 51.8. The lowest BCUT2D eigenvalue weighted by Gasteiger charge is -2.18. The van der Waals surface area contributed by atoms with Crippen LogP contribution in [-0.2, 0) is 48.1 Å². The Labute approximate surface area is 761 Å². The van der Waals surface area contributed by atoms with Gasteiger partial charge >= 0.3 is 42.8 Å². The molecule has 0 unspecified atom stereocenters. The molecule has 0 radical (unpaired) electrons. The van der Waals surface area contributed by atoms with Crippen LogP contribution in [0.4, 0.5) is 65.9 Å². The lowest BCUT2D eigenvalue weighted by Crippen LogP contribution is -2.19. The Bertz CT molecular complexity index is 4140. The highest BCUT2D eigenvalue weighted by Gasteiger charge is 2.36. The van der Waals surface area contributed by atoms with Crippen LogP contribution in [0.1, 0.15) is 290 Å². The number of hydrogen-bond acceptors (Lipinski definition) is 17. The molecule has 4 fully saturated rings. The van der Waals surface area contributed by atoms with Crippen LogP contribution in [0.3, 0.4) is 0 Å². The smallest absolute Gasteiger partial charge is 0.422 e. The maximum Gasteiger partial charge on any atom is 0.422 e. The number of ether oxygens (including phenoxy) is 9. The number of nitrogens with zero attached hydrogens (tertiary/aromatic N) is 2. The van der Waals surface area contributed by atoms with Crippen LogP contribution in [0.15, 0.2) is 136 Å². The zero-order valence-corrected chi connectivity index (χ0v) is 81.0. The third-order valence-electron chi connectivity index (χ3n) is 19.3. The van der Waals surface area contributed by atoms with Gasteiger partial charge < -0.3 is 79.3 Å². The molecule has 0 atom stereocenters. The van der Waals surface area contributed by atoms with Gasteiger partial charge in [-0.2, -0.15) is 65.9 Å². The standard InChI is InChI=1S/C12H19NO.2C12H18O2.C11H15F3O.C11H17NO2.C10H14F3NO.2C10H13F3O2.C9H12F3NO2/c1-12(2,3)11-6-10(7-13-11)14-8-9-4-5-9;1-12(2,3)11-6-10(8-14-11)13-7-9-4-5-9;1-12(2,3)10-6-11(14-8-10)13-7-9-4-5-9;1-10(2,3)8-4-5-9(6-8)15-7-11(12,13)14;1-11(2,3)9-6-10(14-12-9)13-7-8-4-5-8;2*1-9(2,3)8-4-7(5-14-8)15-6-10(11,12)13;1-9(2,3)7-4-8(14-5-7)15-6-10(11,12)13;1-8(2,3)6-4-7(15-13-6)14-5-9(10,11)12/h6-7,9,13H,4-5,8H2,1-3H3;2*6,8-9H,4-5,7H2,1-3H3;4,6H,5,7H2,1-3H3;6,8H,4-5,7H2,1-3H3;4-5,14H,6H2,1-3H3;2*4-5H,6H2,1-3H3;4H,5H2,1-3H3. The first-order chi connectivity index (χ1) is 59.6. The molecule has 13 rings (SSSR count). The molecule has 8 heterocycles. The lowest BCUT2D eigenvalue weighted by molar-refractivity contribution is -0.165. The van der Waals surface area contributed by atoms with E-state index in [0.717, 1.165) is 89.9 Å². The minimum atomic E-state index is -4.37. The number of nitrogens with one attached hydrogen (secondary N) is 2. The summed E-state index contributed by atoms with van der Waals surface area (Å²) >= 11 is 0. The van der Waals surface area contributed by atoms with E-state index in [0.29, 0.717) is 35.5 Å². The van der Waals surface area contributed by atoms with Crippen molar-refractivity contribution in [1.82, 2.24) is 20.3 Å². The number of rotatable bonds is 22. The zero-order chi connectivity index (χ0) is 99.2. The van der Waals surface area contributed by atoms with Crippen molar-refractivity contribution < 1.29 is 135 Å². The molecule has 0 spiro atoms. The van der Waals surface area contributed by atoms with E-state index in [1.807, 2.05) is 134 Å². The number of allylic oxidation sites excluding steroid dienone is 3. The molecule has 0 bridgehead atoms. The maximum absolute atomic E-state index is 11.9. The van der Waals surface area contributed by atoms with Crippen molar-refractivity contribution in [3.8, 4) is 46.8 Å². The number of hydrogen-bond donors (Lipinski definition) is 2. The predicted octanol–water partition coefficient (Wildman–Crippen LogP) is 29.6. The molecule has 0 amide bonds. The molecule has 0 saturated heterocycles. The molecule has 131 heavy (non-hydrogen) atoms. The van der Waals surface area contributed by atoms with E-state index < -0.39 is 63.9 Å². The van der Waals surface area contributed by atoms with Crippen molar-refractivity contribution in [1.29, 1.82) is 0 Å². The molecular weight excluding hydrogens is 1750 g/mol. The van der Waals surface area contributed by atoms with Crippen molar-refractivity contribution >= 4 is 0 Å². The molecule has 2 N–H and O–H groups in total. The molecule has 0 aliphatic heterocycles. The summed E-state index contributed by atoms with van der Waals surface area (Å²) in [5.74, 6) is 8.24. The number of furan rings is 4. The van der Waals surface area contributed by atoms with E-state index in [1.54, 1.807) is 24.7 Å². The van der Waals surface area contributed by atoms with Gasteiger partial charge in [-0.1, -0.05) is 203 Å². The van der Waals surface area contributed by atoms with E-state index in [9.17, 15) is 65.9 Å². The summed E-state index contributed by atoms with van der Waals surface area (Å²) in [5.41, 5.74) is 6.21. The highest BCUT2D eigenvalue weighted by atomic mass is 19.4. The lowest BCUT2D eigenvalue weighted by atomic mass is 9.87. The van der Waals surface area contributed by atoms with Crippen LogP contribution in [0.25, 0.3) is 0 Å². The monoisotopic (exact) mass is 1880 g/mol. The van der Waals surface area contributed by atoms with Crippen molar-refractivity contribution in [2.75, 3.05) is 59.5 Å². The third-order valence-corrected chi connectivity index (χ3v) is 19.3. The molecule has 0 aromatic carbocycles. The number of aromatic amines is 2. The number of halogens is 15. The third kappa shape index (κ3) is 48.3. The zero-order valence-electron chi connectivity index (χ0n) is 81.0. The highest BCUT2D eigenvalue weighted by molar-refractivity contribution is 5.35. The van der Waals surface area contributed by atoms with Gasteiger partial charge in [0, 0.05) is 111 Å². The molecular formula is C97H139F15N4O15. The summed E-state index contributed by atoms with van der Waals surface area (Å²) < 4.78 is 253. The summed E-state index contributed by atoms with van der Waals surface area (Å²) in [6, 6.07) is 13.9. The van der Waals surface area contributed by atoms with Crippen molar-refractivity contribution in [2.45, 2.75) is 319 Å². The van der Waals surface area contributed by atoms with Gasteiger partial charge in [0.1, 0.15) is 41.3 Å². The minimum Gasteiger partial charge on any atom is -0.492 e. The van der Waals surface area contributed by atoms with Gasteiger partial charge in [0.2, 0.25) is 0 Å². The summed E-state index contributed by atoms with van der Waals surface area (Å²) in [6.07, 6.45) is 2.53. The van der Waals surface area contributed by atoms with Crippen molar-refractivity contribution in [3.63, 3.8) is 0 Å². The Morgan fingerprint density at radius 1 is 0.298 bits per heavy atom. The average Bonchev–Trinajstić information content (AvgIpc) is 1.73. The van der Waals surface area contributed by atoms with Crippen LogP contribution in [0, 0.1) is 29.1 Å². The Hall–Kier alpha value is -9.27. The number of alkyl halides is 15. The summed E-state index contributed by atoms with van der Waals surface area (Å²) in [5, 5.41) is 7.61. The second-order valence-corrected chi connectivity index (χ2v) is 42.4. The van der Waals surface area contributed by atoms with Gasteiger partial charge in [-0.25, -0.2) is 0 Å². The van der Waals surface area contributed by atoms with Crippen molar-refractivity contribution in [2.24, 2.45) is 29.1 Å². The minimum absolute atomic E-state index is 0.0324. The van der Waals surface area contributed by atoms with Gasteiger partial charge in [0.25, 0.3) is 11.9 Å². The average molecular weight is 1890 g/mol. The van der Waals surface area contributed by atoms with E-state index in [2.05, 4.69) is 138 Å². The highest BCUT2D eigenvalue weighted by Crippen LogP contribution is 2.40. The summed E-state index contributed by atoms with van der Waals surface area (Å²) in [4.78, 5) is 6.15. The van der Waals surface area contributed by atoms with Gasteiger partial charge in [0.05, 0.1) is 50.3 Å². The van der Waals surface area contributed by atoms with E-state index in [4.69, 9.17) is 41.1 Å². The molecule has 8 aromatic heterocycles. The van der Waals surface area contributed by atoms with E-state index in [-0.39, 0.29) is 72.1 Å². The van der Waals surface area contributed by atoms with Crippen LogP contribution in [-0.4, -0.2) is 111 Å². The van der Waals surface area contributed by atoms with E-state index >= 15 is 0 Å². The topological polar surface area (TPSA) is 219 Å². The molecule has 742 valence electrons. The van der Waals surface area contributed by atoms with Crippen LogP contribution >= 0.6 is 0 Å². The fourth-order valence-electron chi connectivity index (χ4n) is 10.2. The first kappa shape index (κ1) is 112. The van der Waals surface area contributed by atoms with Crippen LogP contribution < -0.4 is 37.9 Å². The van der Waals surface area contributed by atoms with Gasteiger partial charge in [-0.05, 0) is 114 Å². The molecule has 8 aromatic rings. The van der Waals surface area contributed by atoms with Crippen LogP contribution in [0.2, 0.25) is 0 Å². The molecule has 34 heteroatoms. The first-order valence-corrected chi connectivity index (χ1v) is 43.7. The van der Waals surface area contributed by atoms with Crippen molar-refractivity contribution in [3.05, 3.63) is 155 Å². The molecule has 4 saturated carbocycles. The van der Waals surface area contributed by atoms with E-state index in [1.165, 1.54) is 99.5 Å². The number of H-pyrrole nitrogens is 2. The summed E-state index contributed by atoms with van der Waals surface area (Å²) in [7, 11) is 0. The molecule has 5 aliphatic carbocycles. The predicted molar refractivity (Wildman–Crippen MR) is 470 cm³/mol. The van der Waals surface area contributed by atoms with Gasteiger partial charge in [0.15, 0.2) is 44.5 Å². The van der Waals surface area contributed by atoms with Gasteiger partial charge in [-0.15, -0.1) is 0 Å². The SMILES string of the molecule is CC(C)(C)C1=CCC(OCC(F)(F)F)=C1.CC(C)(C)c1cc(OCC(F)(F)F)c[nH]1.CC(C)(C)c1cc(OCC(F)(F)F)co1.CC(C)(C)c1cc(OCC(F)(F)F)on1.CC(C)(C)c1cc(OCC2CC2)c[nH]1.CC(C)(C)c1cc(OCC2CC2)co1.CC(C)(C)c1cc(OCC2CC2)on1.CC(C)(C)c1coc(OCC(F)(F)F)c1.CC(C)(C)c1coc(OCC2CC2)c1. The Kier molecular flexibility index (Phi) is 39.5. The Morgan fingerprint density at radius 2 is 0.603 bits per heavy atom. The first-order valence-electron chi connectivity index (χ1n) is 43.7. The largest absolute Gasteiger partial charge is 0.492 e. The molecule has 19 nitrogen and oxygen atoms in total. The Balaban J connectivity index is 0.000000261. The fourth-order valence-corrected chi connectivity index (χ4v) is 10.2. The van der Waals surface area contributed by atoms with Crippen LogP contribution in [0.5, 0.6) is 46.8 Å². The fraction of sp³-hybridized carbons (Fsp3) is 0.649. The second-order valence-electron chi connectivity index (χ2n) is 42.4. The quantitative estimate of drug-likeness (QED) is 0.0603.